The van der Waals surface area contributed by atoms with Gasteiger partial charge in [0, 0.05) is 16.3 Å². The first kappa shape index (κ1) is 19.0. The average Bonchev–Trinajstić information content (AvgIpc) is 3.16. The van der Waals surface area contributed by atoms with Gasteiger partial charge in [-0.2, -0.15) is 0 Å². The fraction of sp³-hybridized carbons (Fsp3) is 0.130. The molecule has 0 saturated carbocycles. The number of hydrogen-bond acceptors (Lipinski definition) is 4. The molecule has 146 valence electrons. The molecular formula is C23H19ClN2O3. The van der Waals surface area contributed by atoms with E-state index in [1.807, 2.05) is 49.4 Å². The van der Waals surface area contributed by atoms with E-state index < -0.39 is 6.10 Å². The number of aromatic nitrogens is 1. The van der Waals surface area contributed by atoms with Gasteiger partial charge in [0.25, 0.3) is 5.91 Å². The van der Waals surface area contributed by atoms with E-state index in [1.165, 1.54) is 0 Å². The molecule has 1 heterocycles. The number of benzene rings is 3. The van der Waals surface area contributed by atoms with Gasteiger partial charge >= 0.3 is 0 Å². The SMILES string of the molecule is CC[C@@H](Oc1ccccc1)C(=O)Nc1ccc2oc(-c3cccc(Cl)c3)nc2c1. The highest BCUT2D eigenvalue weighted by atomic mass is 35.5. The third kappa shape index (κ3) is 4.41. The minimum atomic E-state index is -0.590. The van der Waals surface area contributed by atoms with Crippen molar-refractivity contribution in [3.8, 4) is 17.2 Å². The molecule has 4 aromatic rings. The topological polar surface area (TPSA) is 64.4 Å². The molecule has 0 aliphatic heterocycles. The molecule has 0 saturated heterocycles. The van der Waals surface area contributed by atoms with E-state index in [2.05, 4.69) is 10.3 Å². The third-order valence-corrected chi connectivity index (χ3v) is 4.65. The third-order valence-electron chi connectivity index (χ3n) is 4.41. The van der Waals surface area contributed by atoms with Crippen molar-refractivity contribution in [1.29, 1.82) is 0 Å². The number of para-hydroxylation sites is 1. The Morgan fingerprint density at radius 1 is 1.10 bits per heavy atom. The molecule has 6 heteroatoms. The van der Waals surface area contributed by atoms with Crippen molar-refractivity contribution in [3.05, 3.63) is 77.8 Å². The Kier molecular flexibility index (Phi) is 5.49. The van der Waals surface area contributed by atoms with Gasteiger partial charge in [-0.05, 0) is 55.0 Å². The number of carbonyl (C=O) groups is 1. The fourth-order valence-electron chi connectivity index (χ4n) is 2.96. The Bertz CT molecular complexity index is 1140. The molecule has 0 aliphatic rings. The summed E-state index contributed by atoms with van der Waals surface area (Å²) in [5.74, 6) is 0.923. The summed E-state index contributed by atoms with van der Waals surface area (Å²) in [6.45, 7) is 1.91. The van der Waals surface area contributed by atoms with Crippen LogP contribution >= 0.6 is 11.6 Å². The summed E-state index contributed by atoms with van der Waals surface area (Å²) in [5, 5.41) is 3.51. The molecule has 3 aromatic carbocycles. The lowest BCUT2D eigenvalue weighted by molar-refractivity contribution is -0.122. The van der Waals surface area contributed by atoms with Gasteiger partial charge in [-0.3, -0.25) is 4.79 Å². The Balaban J connectivity index is 1.52. The molecule has 0 radical (unpaired) electrons. The average molecular weight is 407 g/mol. The van der Waals surface area contributed by atoms with E-state index in [-0.39, 0.29) is 5.91 Å². The van der Waals surface area contributed by atoms with Crippen molar-refractivity contribution in [2.24, 2.45) is 0 Å². The number of carbonyl (C=O) groups excluding carboxylic acids is 1. The second-order valence-electron chi connectivity index (χ2n) is 6.53. The second-order valence-corrected chi connectivity index (χ2v) is 6.97. The van der Waals surface area contributed by atoms with Crippen LogP contribution in [0.25, 0.3) is 22.6 Å². The lowest BCUT2D eigenvalue weighted by Crippen LogP contribution is -2.32. The van der Waals surface area contributed by atoms with Gasteiger partial charge in [0.1, 0.15) is 11.3 Å². The fourth-order valence-corrected chi connectivity index (χ4v) is 3.15. The summed E-state index contributed by atoms with van der Waals surface area (Å²) in [7, 11) is 0. The van der Waals surface area contributed by atoms with E-state index >= 15 is 0 Å². The molecular weight excluding hydrogens is 388 g/mol. The van der Waals surface area contributed by atoms with E-state index in [0.29, 0.717) is 39.9 Å². The van der Waals surface area contributed by atoms with Gasteiger partial charge in [-0.25, -0.2) is 4.98 Å². The van der Waals surface area contributed by atoms with Gasteiger partial charge in [-0.15, -0.1) is 0 Å². The normalized spacial score (nSPS) is 11.9. The smallest absolute Gasteiger partial charge is 0.265 e. The van der Waals surface area contributed by atoms with Gasteiger partial charge in [0.05, 0.1) is 0 Å². The number of ether oxygens (including phenoxy) is 1. The summed E-state index contributed by atoms with van der Waals surface area (Å²) in [6.07, 6.45) is -0.0429. The van der Waals surface area contributed by atoms with Crippen LogP contribution in [0.1, 0.15) is 13.3 Å². The second kappa shape index (κ2) is 8.37. The molecule has 0 aliphatic carbocycles. The van der Waals surface area contributed by atoms with Crippen LogP contribution in [0.3, 0.4) is 0 Å². The molecule has 29 heavy (non-hydrogen) atoms. The lowest BCUT2D eigenvalue weighted by atomic mass is 10.2. The van der Waals surface area contributed by atoms with Crippen molar-refractivity contribution < 1.29 is 13.9 Å². The number of anilines is 1. The Morgan fingerprint density at radius 2 is 1.93 bits per heavy atom. The Hall–Kier alpha value is -3.31. The number of fused-ring (bicyclic) bond motifs is 1. The monoisotopic (exact) mass is 406 g/mol. The first-order chi connectivity index (χ1) is 14.1. The quantitative estimate of drug-likeness (QED) is 0.430. The van der Waals surface area contributed by atoms with Crippen LogP contribution in [0, 0.1) is 0 Å². The largest absolute Gasteiger partial charge is 0.481 e. The van der Waals surface area contributed by atoms with Crippen LogP contribution in [0.5, 0.6) is 5.75 Å². The molecule has 0 fully saturated rings. The van der Waals surface area contributed by atoms with Crippen molar-refractivity contribution in [2.45, 2.75) is 19.4 Å². The number of nitrogens with one attached hydrogen (secondary N) is 1. The predicted molar refractivity (Wildman–Crippen MR) is 114 cm³/mol. The minimum absolute atomic E-state index is 0.214. The zero-order chi connectivity index (χ0) is 20.2. The van der Waals surface area contributed by atoms with Gasteiger partial charge in [0.2, 0.25) is 5.89 Å². The molecule has 0 bridgehead atoms. The van der Waals surface area contributed by atoms with E-state index in [4.69, 9.17) is 20.8 Å². The number of oxazole rings is 1. The Labute approximate surface area is 173 Å². The lowest BCUT2D eigenvalue weighted by Gasteiger charge is -2.17. The van der Waals surface area contributed by atoms with Gasteiger partial charge < -0.3 is 14.5 Å². The first-order valence-electron chi connectivity index (χ1n) is 9.31. The molecule has 1 N–H and O–H groups in total. The highest BCUT2D eigenvalue weighted by Gasteiger charge is 2.19. The first-order valence-corrected chi connectivity index (χ1v) is 9.69. The standard InChI is InChI=1S/C23H19ClN2O3/c1-2-20(28-18-9-4-3-5-10-18)22(27)25-17-11-12-21-19(14-17)26-23(29-21)15-7-6-8-16(24)13-15/h3-14,20H,2H2,1H3,(H,25,27)/t20-/m1/s1. The number of nitrogens with zero attached hydrogens (tertiary/aromatic N) is 1. The maximum atomic E-state index is 12.7. The molecule has 0 spiro atoms. The highest BCUT2D eigenvalue weighted by Crippen LogP contribution is 2.28. The molecule has 0 unspecified atom stereocenters. The number of halogens is 1. The molecule has 1 amide bonds. The van der Waals surface area contributed by atoms with Crippen LogP contribution in [0.4, 0.5) is 5.69 Å². The van der Waals surface area contributed by atoms with E-state index in [0.717, 1.165) is 5.56 Å². The summed E-state index contributed by atoms with van der Waals surface area (Å²) >= 11 is 6.05. The molecule has 1 aromatic heterocycles. The van der Waals surface area contributed by atoms with Crippen molar-refractivity contribution >= 4 is 34.3 Å². The van der Waals surface area contributed by atoms with Crippen molar-refractivity contribution in [3.63, 3.8) is 0 Å². The van der Waals surface area contributed by atoms with Crippen LogP contribution in [0.2, 0.25) is 5.02 Å². The van der Waals surface area contributed by atoms with Crippen LogP contribution in [-0.4, -0.2) is 17.0 Å². The van der Waals surface area contributed by atoms with E-state index in [1.54, 1.807) is 30.3 Å². The molecule has 1 atom stereocenters. The molecule has 4 rings (SSSR count). The van der Waals surface area contributed by atoms with E-state index in [9.17, 15) is 4.79 Å². The van der Waals surface area contributed by atoms with Crippen molar-refractivity contribution in [2.75, 3.05) is 5.32 Å². The van der Waals surface area contributed by atoms with Crippen LogP contribution in [0.15, 0.2) is 77.2 Å². The van der Waals surface area contributed by atoms with Crippen LogP contribution in [-0.2, 0) is 4.79 Å². The summed E-state index contributed by atoms with van der Waals surface area (Å²) in [4.78, 5) is 17.2. The number of amides is 1. The van der Waals surface area contributed by atoms with Gasteiger partial charge in [-0.1, -0.05) is 42.8 Å². The highest BCUT2D eigenvalue weighted by molar-refractivity contribution is 6.30. The van der Waals surface area contributed by atoms with Gasteiger partial charge in [0.15, 0.2) is 11.7 Å². The number of rotatable bonds is 6. The zero-order valence-corrected chi connectivity index (χ0v) is 16.5. The minimum Gasteiger partial charge on any atom is -0.481 e. The summed E-state index contributed by atoms with van der Waals surface area (Å²) < 4.78 is 11.6. The predicted octanol–water partition coefficient (Wildman–Crippen LogP) is 5.94. The summed E-state index contributed by atoms with van der Waals surface area (Å²) in [6, 6.07) is 22.0. The maximum absolute atomic E-state index is 12.7. The van der Waals surface area contributed by atoms with Crippen LogP contribution < -0.4 is 10.1 Å². The van der Waals surface area contributed by atoms with Crippen molar-refractivity contribution in [1.82, 2.24) is 4.98 Å². The zero-order valence-electron chi connectivity index (χ0n) is 15.8. The number of hydrogen-bond donors (Lipinski definition) is 1. The Morgan fingerprint density at radius 3 is 2.69 bits per heavy atom. The maximum Gasteiger partial charge on any atom is 0.265 e. The molecule has 5 nitrogen and oxygen atoms in total. The summed E-state index contributed by atoms with van der Waals surface area (Å²) in [5.41, 5.74) is 2.70.